The number of hydrogen-bond acceptors (Lipinski definition) is 2. The molecule has 2 aromatic rings. The summed E-state index contributed by atoms with van der Waals surface area (Å²) in [6.45, 7) is 0. The summed E-state index contributed by atoms with van der Waals surface area (Å²) in [4.78, 5) is 23.1. The highest BCUT2D eigenvalue weighted by Gasteiger charge is 2.17. The van der Waals surface area contributed by atoms with Crippen molar-refractivity contribution in [1.82, 2.24) is 0 Å². The SMILES string of the molecule is O=C(O)CC(CCC(=O)c1ccccc1)c1ccccc1. The molecule has 0 bridgehead atoms. The van der Waals surface area contributed by atoms with Crippen LogP contribution in [0.4, 0.5) is 0 Å². The van der Waals surface area contributed by atoms with Gasteiger partial charge >= 0.3 is 5.97 Å². The molecular weight excluding hydrogens is 264 g/mol. The van der Waals surface area contributed by atoms with Crippen LogP contribution in [0.15, 0.2) is 60.7 Å². The van der Waals surface area contributed by atoms with Gasteiger partial charge in [-0.25, -0.2) is 0 Å². The van der Waals surface area contributed by atoms with E-state index in [1.165, 1.54) is 0 Å². The van der Waals surface area contributed by atoms with Crippen LogP contribution >= 0.6 is 0 Å². The molecule has 0 aliphatic heterocycles. The van der Waals surface area contributed by atoms with Crippen molar-refractivity contribution in [2.45, 2.75) is 25.2 Å². The fourth-order valence-electron chi connectivity index (χ4n) is 2.40. The second-order valence-electron chi connectivity index (χ2n) is 5.03. The molecule has 1 unspecified atom stereocenters. The Morgan fingerprint density at radius 1 is 0.905 bits per heavy atom. The lowest BCUT2D eigenvalue weighted by Gasteiger charge is -2.14. The molecule has 0 saturated heterocycles. The molecule has 1 atom stereocenters. The second-order valence-corrected chi connectivity index (χ2v) is 5.03. The van der Waals surface area contributed by atoms with Gasteiger partial charge in [0.15, 0.2) is 5.78 Å². The molecule has 2 aromatic carbocycles. The zero-order valence-corrected chi connectivity index (χ0v) is 11.7. The van der Waals surface area contributed by atoms with Gasteiger partial charge in [-0.3, -0.25) is 9.59 Å². The van der Waals surface area contributed by atoms with Crippen LogP contribution in [0.25, 0.3) is 0 Å². The van der Waals surface area contributed by atoms with E-state index in [9.17, 15) is 9.59 Å². The van der Waals surface area contributed by atoms with E-state index >= 15 is 0 Å². The summed E-state index contributed by atoms with van der Waals surface area (Å²) in [6.07, 6.45) is 0.951. The second kappa shape index (κ2) is 7.39. The third-order valence-electron chi connectivity index (χ3n) is 3.51. The predicted molar refractivity (Wildman–Crippen MR) is 81.4 cm³/mol. The number of rotatable bonds is 7. The van der Waals surface area contributed by atoms with E-state index in [1.807, 2.05) is 48.5 Å². The van der Waals surface area contributed by atoms with Gasteiger partial charge in [-0.1, -0.05) is 60.7 Å². The molecule has 0 saturated carbocycles. The highest BCUT2D eigenvalue weighted by atomic mass is 16.4. The first kappa shape index (κ1) is 15.0. The normalized spacial score (nSPS) is 11.8. The Bertz CT molecular complexity index is 590. The summed E-state index contributed by atoms with van der Waals surface area (Å²) >= 11 is 0. The lowest BCUT2D eigenvalue weighted by molar-refractivity contribution is -0.137. The van der Waals surface area contributed by atoms with Crippen LogP contribution in [0.2, 0.25) is 0 Å². The van der Waals surface area contributed by atoms with Crippen molar-refractivity contribution in [2.24, 2.45) is 0 Å². The Labute approximate surface area is 124 Å². The maximum Gasteiger partial charge on any atom is 0.303 e. The van der Waals surface area contributed by atoms with Gasteiger partial charge in [-0.2, -0.15) is 0 Å². The van der Waals surface area contributed by atoms with Crippen molar-refractivity contribution < 1.29 is 14.7 Å². The van der Waals surface area contributed by atoms with Gasteiger partial charge in [0.05, 0.1) is 6.42 Å². The summed E-state index contributed by atoms with van der Waals surface area (Å²) in [5, 5.41) is 9.04. The molecule has 21 heavy (non-hydrogen) atoms. The first-order chi connectivity index (χ1) is 10.2. The molecule has 0 heterocycles. The van der Waals surface area contributed by atoms with Gasteiger partial charge in [-0.15, -0.1) is 0 Å². The number of carbonyl (C=O) groups excluding carboxylic acids is 1. The highest BCUT2D eigenvalue weighted by molar-refractivity contribution is 5.96. The number of aliphatic carboxylic acids is 1. The van der Waals surface area contributed by atoms with Gasteiger partial charge in [0.25, 0.3) is 0 Å². The monoisotopic (exact) mass is 282 g/mol. The first-order valence-corrected chi connectivity index (χ1v) is 7.02. The molecule has 0 fully saturated rings. The molecule has 1 N–H and O–H groups in total. The third-order valence-corrected chi connectivity index (χ3v) is 3.51. The molecule has 0 spiro atoms. The van der Waals surface area contributed by atoms with E-state index in [0.717, 1.165) is 5.56 Å². The number of carbonyl (C=O) groups is 2. The summed E-state index contributed by atoms with van der Waals surface area (Å²) < 4.78 is 0. The topological polar surface area (TPSA) is 54.4 Å². The summed E-state index contributed by atoms with van der Waals surface area (Å²) in [6, 6.07) is 18.6. The fourth-order valence-corrected chi connectivity index (χ4v) is 2.40. The highest BCUT2D eigenvalue weighted by Crippen LogP contribution is 2.25. The van der Waals surface area contributed by atoms with Crippen LogP contribution in [0.1, 0.15) is 41.1 Å². The van der Waals surface area contributed by atoms with Crippen molar-refractivity contribution in [3.05, 3.63) is 71.8 Å². The van der Waals surface area contributed by atoms with E-state index < -0.39 is 5.97 Å². The molecule has 0 aromatic heterocycles. The Morgan fingerprint density at radius 2 is 1.48 bits per heavy atom. The minimum Gasteiger partial charge on any atom is -0.481 e. The molecular formula is C18H18O3. The van der Waals surface area contributed by atoms with Gasteiger partial charge in [0.2, 0.25) is 0 Å². The number of hydrogen-bond donors (Lipinski definition) is 1. The fraction of sp³-hybridized carbons (Fsp3) is 0.222. The van der Waals surface area contributed by atoms with Crippen LogP contribution in [-0.4, -0.2) is 16.9 Å². The van der Waals surface area contributed by atoms with Crippen molar-refractivity contribution in [1.29, 1.82) is 0 Å². The third kappa shape index (κ3) is 4.56. The van der Waals surface area contributed by atoms with E-state index in [2.05, 4.69) is 0 Å². The molecule has 0 radical (unpaired) electrons. The minimum atomic E-state index is -0.837. The summed E-state index contributed by atoms with van der Waals surface area (Å²) in [5.74, 6) is -0.908. The van der Waals surface area contributed by atoms with Crippen LogP contribution in [-0.2, 0) is 4.79 Å². The molecule has 2 rings (SSSR count). The Balaban J connectivity index is 2.03. The van der Waals surface area contributed by atoms with Crippen LogP contribution in [0.5, 0.6) is 0 Å². The zero-order chi connectivity index (χ0) is 15.1. The Hall–Kier alpha value is -2.42. The quantitative estimate of drug-likeness (QED) is 0.783. The number of carboxylic acid groups (broad SMARTS) is 1. The zero-order valence-electron chi connectivity index (χ0n) is 11.7. The van der Waals surface area contributed by atoms with Crippen molar-refractivity contribution in [3.8, 4) is 0 Å². The predicted octanol–water partition coefficient (Wildman–Crippen LogP) is 3.91. The Kier molecular flexibility index (Phi) is 5.27. The molecule has 0 amide bonds. The maximum absolute atomic E-state index is 12.1. The number of Topliss-reactive ketones (excluding diaryl/α,β-unsaturated/α-hetero) is 1. The van der Waals surface area contributed by atoms with Crippen molar-refractivity contribution >= 4 is 11.8 Å². The van der Waals surface area contributed by atoms with E-state index in [1.54, 1.807) is 12.1 Å². The molecule has 3 nitrogen and oxygen atoms in total. The van der Waals surface area contributed by atoms with E-state index in [0.29, 0.717) is 18.4 Å². The first-order valence-electron chi connectivity index (χ1n) is 7.02. The van der Waals surface area contributed by atoms with Crippen molar-refractivity contribution in [3.63, 3.8) is 0 Å². The van der Waals surface area contributed by atoms with Crippen LogP contribution in [0, 0.1) is 0 Å². The Morgan fingerprint density at radius 3 is 2.05 bits per heavy atom. The standard InChI is InChI=1S/C18H18O3/c19-17(15-9-5-2-6-10-15)12-11-16(13-18(20)21)14-7-3-1-4-8-14/h1-10,16H,11-13H2,(H,20,21). The van der Waals surface area contributed by atoms with Gasteiger partial charge in [0, 0.05) is 12.0 Å². The number of benzene rings is 2. The molecule has 3 heteroatoms. The number of carboxylic acids is 1. The largest absolute Gasteiger partial charge is 0.481 e. The lowest BCUT2D eigenvalue weighted by Crippen LogP contribution is -2.09. The van der Waals surface area contributed by atoms with Crippen LogP contribution in [0.3, 0.4) is 0 Å². The van der Waals surface area contributed by atoms with E-state index in [4.69, 9.17) is 5.11 Å². The molecule has 108 valence electrons. The summed E-state index contributed by atoms with van der Waals surface area (Å²) in [7, 11) is 0. The van der Waals surface area contributed by atoms with Crippen molar-refractivity contribution in [2.75, 3.05) is 0 Å². The van der Waals surface area contributed by atoms with E-state index in [-0.39, 0.29) is 18.1 Å². The average molecular weight is 282 g/mol. The smallest absolute Gasteiger partial charge is 0.303 e. The van der Waals surface area contributed by atoms with Crippen LogP contribution < -0.4 is 0 Å². The molecule has 0 aliphatic rings. The number of ketones is 1. The molecule has 0 aliphatic carbocycles. The maximum atomic E-state index is 12.1. The van der Waals surface area contributed by atoms with Gasteiger partial charge in [0.1, 0.15) is 0 Å². The minimum absolute atomic E-state index is 0.0477. The van der Waals surface area contributed by atoms with Gasteiger partial charge < -0.3 is 5.11 Å². The van der Waals surface area contributed by atoms with Gasteiger partial charge in [-0.05, 0) is 17.9 Å². The average Bonchev–Trinajstić information content (AvgIpc) is 2.52. The lowest BCUT2D eigenvalue weighted by atomic mass is 9.89. The summed E-state index contributed by atoms with van der Waals surface area (Å²) in [5.41, 5.74) is 1.65.